The van der Waals surface area contributed by atoms with Crippen molar-refractivity contribution in [3.8, 4) is 5.75 Å². The third-order valence-electron chi connectivity index (χ3n) is 7.68. The average molecular weight is 489 g/mol. The Morgan fingerprint density at radius 2 is 1.11 bits per heavy atom. The Morgan fingerprint density at radius 1 is 0.622 bits per heavy atom. The molecule has 2 aliphatic heterocycles. The van der Waals surface area contributed by atoms with Gasteiger partial charge in [-0.15, -0.1) is 4.48 Å². The monoisotopic (exact) mass is 488 g/mol. The number of para-hydroxylation sites is 2. The maximum Gasteiger partial charge on any atom is 0.677 e. The fourth-order valence-corrected chi connectivity index (χ4v) is 6.34. The summed E-state index contributed by atoms with van der Waals surface area (Å²) in [6, 6.07) is 30.1. The molecule has 184 valence electrons. The Balaban J connectivity index is 1.78. The van der Waals surface area contributed by atoms with Crippen LogP contribution in [0.3, 0.4) is 0 Å². The zero-order valence-electron chi connectivity index (χ0n) is 22.5. The summed E-state index contributed by atoms with van der Waals surface area (Å²) < 4.78 is 12.5. The summed E-state index contributed by atoms with van der Waals surface area (Å²) in [5.74, 6) is -0.0329. The van der Waals surface area contributed by atoms with E-state index in [1.54, 1.807) is 0 Å². The highest BCUT2D eigenvalue weighted by atomic mass is 16.6. The number of hydrogen-bond acceptors (Lipinski definition) is 1. The molecule has 0 aliphatic carbocycles. The van der Waals surface area contributed by atoms with Crippen molar-refractivity contribution >= 4 is 29.5 Å². The van der Waals surface area contributed by atoms with Gasteiger partial charge in [0.2, 0.25) is 17.6 Å². The van der Waals surface area contributed by atoms with Crippen LogP contribution >= 0.6 is 0 Å². The first kappa shape index (κ1) is 23.4. The summed E-state index contributed by atoms with van der Waals surface area (Å²) >= 11 is 0. The van der Waals surface area contributed by atoms with Gasteiger partial charge in [0.05, 0.1) is 19.7 Å². The summed E-state index contributed by atoms with van der Waals surface area (Å²) in [5, 5.41) is 0. The van der Waals surface area contributed by atoms with Gasteiger partial charge in [-0.2, -0.15) is 0 Å². The van der Waals surface area contributed by atoms with Crippen LogP contribution in [0.5, 0.6) is 5.75 Å². The number of aryl methyl sites for hydroxylation is 4. The van der Waals surface area contributed by atoms with Crippen LogP contribution in [0, 0.1) is 27.7 Å². The molecule has 1 unspecified atom stereocenters. The maximum atomic E-state index is 7.40. The van der Waals surface area contributed by atoms with Crippen molar-refractivity contribution in [3.05, 3.63) is 118 Å². The summed E-state index contributed by atoms with van der Waals surface area (Å²) in [5.41, 5.74) is 10.6. The predicted molar refractivity (Wildman–Crippen MR) is 152 cm³/mol. The fraction of sp³-hybridized carbons (Fsp3) is 0.212. The molecule has 37 heavy (non-hydrogen) atoms. The van der Waals surface area contributed by atoms with E-state index in [2.05, 4.69) is 148 Å². The number of fused-ring (bicyclic) bond motifs is 2. The molecule has 1 spiro atoms. The first-order valence-electron chi connectivity index (χ1n) is 12.9. The topological polar surface area (TPSA) is 15.2 Å². The van der Waals surface area contributed by atoms with Crippen LogP contribution in [0.2, 0.25) is 0 Å². The lowest BCUT2D eigenvalue weighted by atomic mass is 9.98. The number of ether oxygens (including phenoxy) is 1. The highest BCUT2D eigenvalue weighted by Crippen LogP contribution is 2.47. The van der Waals surface area contributed by atoms with Gasteiger partial charge in [0.25, 0.3) is 0 Å². The molecule has 0 N–H and O–H groups in total. The average Bonchev–Trinajstić information content (AvgIpc) is 2.86. The fourth-order valence-electron chi connectivity index (χ4n) is 6.34. The quantitative estimate of drug-likeness (QED) is 0.226. The molecule has 4 aromatic carbocycles. The lowest BCUT2D eigenvalue weighted by molar-refractivity contribution is -0.835. The van der Waals surface area contributed by atoms with Gasteiger partial charge in [0, 0.05) is 29.8 Å². The Bertz CT molecular complexity index is 1550. The Labute approximate surface area is 219 Å². The van der Waals surface area contributed by atoms with Crippen LogP contribution in [0.15, 0.2) is 84.9 Å². The molecule has 0 saturated carbocycles. The zero-order chi connectivity index (χ0) is 25.9. The molecule has 0 saturated heterocycles. The number of hydrogen-bond donors (Lipinski definition) is 0. The number of nitrogens with zero attached hydrogens (tertiary/aromatic N) is 3. The van der Waals surface area contributed by atoms with E-state index in [-0.39, 0.29) is 0 Å². The predicted octanol–water partition coefficient (Wildman–Crippen LogP) is 6.73. The third-order valence-corrected chi connectivity index (χ3v) is 7.68. The van der Waals surface area contributed by atoms with E-state index < -0.39 is 5.97 Å². The highest BCUT2D eigenvalue weighted by Gasteiger charge is 2.75. The zero-order valence-corrected chi connectivity index (χ0v) is 22.5. The van der Waals surface area contributed by atoms with E-state index in [9.17, 15) is 0 Å². The Morgan fingerprint density at radius 3 is 1.68 bits per heavy atom. The van der Waals surface area contributed by atoms with Crippen molar-refractivity contribution in [2.45, 2.75) is 33.7 Å². The Kier molecular flexibility index (Phi) is 5.22. The molecular weight excluding hydrogens is 454 g/mol. The first-order valence-corrected chi connectivity index (χ1v) is 12.9. The van der Waals surface area contributed by atoms with E-state index >= 15 is 0 Å². The van der Waals surface area contributed by atoms with Crippen molar-refractivity contribution in [1.82, 2.24) is 4.48 Å². The van der Waals surface area contributed by atoms with E-state index in [1.165, 1.54) is 27.9 Å². The molecule has 1 atom stereocenters. The van der Waals surface area contributed by atoms with Gasteiger partial charge in [0.15, 0.2) is 17.7 Å². The minimum atomic E-state index is -0.956. The summed E-state index contributed by atoms with van der Waals surface area (Å²) in [6.45, 7) is 8.67. The second-order valence-corrected chi connectivity index (χ2v) is 10.8. The molecule has 2 aliphatic rings. The lowest BCUT2D eigenvalue weighted by Crippen LogP contribution is -2.76. The van der Waals surface area contributed by atoms with Gasteiger partial charge in [0.1, 0.15) is 5.56 Å². The molecule has 2 heterocycles. The second kappa shape index (κ2) is 8.25. The smallest absolute Gasteiger partial charge is 0.326 e. The SMILES string of the molecule is Cc1cc(C)c2c(c1)C=[N+](c1ccccc1)C1(O2)[N+](c2ccccc2)=Cc2cc(C)cc(C)c2[N+]1(C)C. The standard InChI is InChI=1S/C33H34N3O/c1-23-17-25(3)31-27(19-23)21-34(29-13-9-7-10-14-29)33(36(31,5)6)35(30-15-11-8-12-16-30)22-28-20-24(2)18-26(4)32(28)37-33/h7-22H,1-6H3/q+3. The van der Waals surface area contributed by atoms with Gasteiger partial charge < -0.3 is 4.74 Å². The largest absolute Gasteiger partial charge is 0.677 e. The van der Waals surface area contributed by atoms with E-state index in [0.717, 1.165) is 28.3 Å². The molecule has 4 nitrogen and oxygen atoms in total. The third kappa shape index (κ3) is 3.40. The van der Waals surface area contributed by atoms with Crippen molar-refractivity contribution in [2.75, 3.05) is 14.1 Å². The molecule has 0 bridgehead atoms. The van der Waals surface area contributed by atoms with Crippen molar-refractivity contribution in [1.29, 1.82) is 0 Å². The maximum absolute atomic E-state index is 7.40. The molecule has 0 fully saturated rings. The molecule has 0 radical (unpaired) electrons. The van der Waals surface area contributed by atoms with Crippen LogP contribution in [-0.4, -0.2) is 41.6 Å². The van der Waals surface area contributed by atoms with Crippen molar-refractivity contribution in [2.24, 2.45) is 0 Å². The minimum absolute atomic E-state index is 0.470. The number of benzene rings is 4. The van der Waals surface area contributed by atoms with Crippen LogP contribution in [0.25, 0.3) is 0 Å². The minimum Gasteiger partial charge on any atom is -0.326 e. The van der Waals surface area contributed by atoms with Crippen LogP contribution < -0.4 is 9.22 Å². The molecular formula is C33H34N3O+3. The first-order chi connectivity index (χ1) is 17.7. The van der Waals surface area contributed by atoms with Gasteiger partial charge in [-0.1, -0.05) is 48.5 Å². The highest BCUT2D eigenvalue weighted by molar-refractivity contribution is 5.89. The lowest BCUT2D eigenvalue weighted by Gasteiger charge is -2.42. The summed E-state index contributed by atoms with van der Waals surface area (Å²) in [6.07, 6.45) is 4.54. The molecule has 0 amide bonds. The summed E-state index contributed by atoms with van der Waals surface area (Å²) in [7, 11) is 4.53. The second-order valence-electron chi connectivity index (χ2n) is 10.8. The normalized spacial score (nSPS) is 19.4. The van der Waals surface area contributed by atoms with Crippen LogP contribution in [0.4, 0.5) is 17.1 Å². The molecule has 4 aromatic rings. The number of rotatable bonds is 2. The Hall–Kier alpha value is -4.02. The van der Waals surface area contributed by atoms with E-state index in [1.807, 2.05) is 0 Å². The molecule has 4 heteroatoms. The van der Waals surface area contributed by atoms with Gasteiger partial charge in [-0.3, -0.25) is 0 Å². The van der Waals surface area contributed by atoms with Gasteiger partial charge >= 0.3 is 5.97 Å². The van der Waals surface area contributed by atoms with E-state index in [0.29, 0.717) is 4.48 Å². The van der Waals surface area contributed by atoms with Crippen molar-refractivity contribution < 1.29 is 13.9 Å². The molecule has 0 aromatic heterocycles. The van der Waals surface area contributed by atoms with Crippen molar-refractivity contribution in [3.63, 3.8) is 0 Å². The number of quaternary nitrogens is 1. The van der Waals surface area contributed by atoms with Crippen LogP contribution in [-0.2, 0) is 0 Å². The molecule has 6 rings (SSSR count). The van der Waals surface area contributed by atoms with E-state index in [4.69, 9.17) is 4.74 Å². The summed E-state index contributed by atoms with van der Waals surface area (Å²) in [4.78, 5) is 0. The van der Waals surface area contributed by atoms with Gasteiger partial charge in [-0.05, 0) is 65.7 Å². The van der Waals surface area contributed by atoms with Gasteiger partial charge in [-0.25, -0.2) is 0 Å². The van der Waals surface area contributed by atoms with Crippen LogP contribution in [0.1, 0.15) is 33.4 Å².